The molecule has 4 heteroatoms. The van der Waals surface area contributed by atoms with Crippen LogP contribution in [0.5, 0.6) is 0 Å². The third-order valence-corrected chi connectivity index (χ3v) is 5.98. The summed E-state index contributed by atoms with van der Waals surface area (Å²) in [4.78, 5) is 5.19. The summed E-state index contributed by atoms with van der Waals surface area (Å²) in [5, 5.41) is 3.70. The maximum atomic E-state index is 5.44. The molecule has 2 saturated heterocycles. The summed E-state index contributed by atoms with van der Waals surface area (Å²) in [6, 6.07) is 11.1. The summed E-state index contributed by atoms with van der Waals surface area (Å²) in [5.41, 5.74) is 2.86. The second kappa shape index (κ2) is 9.13. The van der Waals surface area contributed by atoms with Crippen LogP contribution in [0.4, 0.5) is 0 Å². The van der Waals surface area contributed by atoms with Gasteiger partial charge in [-0.2, -0.15) is 0 Å². The van der Waals surface area contributed by atoms with Crippen molar-refractivity contribution >= 4 is 0 Å². The molecular weight excluding hydrogens is 310 g/mol. The van der Waals surface area contributed by atoms with Crippen LogP contribution in [0.1, 0.15) is 50.8 Å². The van der Waals surface area contributed by atoms with Gasteiger partial charge in [0.2, 0.25) is 0 Å². The Balaban J connectivity index is 1.63. The van der Waals surface area contributed by atoms with Crippen molar-refractivity contribution < 1.29 is 4.74 Å². The van der Waals surface area contributed by atoms with Crippen LogP contribution in [-0.4, -0.2) is 61.3 Å². The van der Waals surface area contributed by atoms with E-state index in [1.54, 1.807) is 0 Å². The summed E-state index contributed by atoms with van der Waals surface area (Å²) < 4.78 is 5.44. The highest BCUT2D eigenvalue weighted by Crippen LogP contribution is 2.26. The minimum atomic E-state index is 0.485. The zero-order valence-electron chi connectivity index (χ0n) is 16.2. The third kappa shape index (κ3) is 4.82. The SMILES string of the molecule is CC[C@H]1CN(C(C)c2ccc(CN3CCOCC3)cc2)[C@H](CC)CN1. The first kappa shape index (κ1) is 18.8. The molecule has 0 spiro atoms. The molecule has 0 bridgehead atoms. The highest BCUT2D eigenvalue weighted by molar-refractivity contribution is 5.25. The van der Waals surface area contributed by atoms with Gasteiger partial charge >= 0.3 is 0 Å². The molecule has 0 aliphatic carbocycles. The lowest BCUT2D eigenvalue weighted by Gasteiger charge is -2.43. The fraction of sp³-hybridized carbons (Fsp3) is 0.714. The van der Waals surface area contributed by atoms with Crippen molar-refractivity contribution in [1.82, 2.24) is 15.1 Å². The van der Waals surface area contributed by atoms with Gasteiger partial charge in [-0.3, -0.25) is 9.80 Å². The molecule has 3 atom stereocenters. The van der Waals surface area contributed by atoms with Gasteiger partial charge in [0.15, 0.2) is 0 Å². The van der Waals surface area contributed by atoms with Crippen LogP contribution < -0.4 is 5.32 Å². The van der Waals surface area contributed by atoms with Crippen LogP contribution in [0.25, 0.3) is 0 Å². The molecule has 1 N–H and O–H groups in total. The van der Waals surface area contributed by atoms with Gasteiger partial charge in [-0.05, 0) is 30.9 Å². The first-order chi connectivity index (χ1) is 12.2. The molecule has 1 unspecified atom stereocenters. The number of nitrogens with one attached hydrogen (secondary N) is 1. The van der Waals surface area contributed by atoms with Crippen LogP contribution in [-0.2, 0) is 11.3 Å². The van der Waals surface area contributed by atoms with E-state index in [1.807, 2.05) is 0 Å². The monoisotopic (exact) mass is 345 g/mol. The lowest BCUT2D eigenvalue weighted by molar-refractivity contribution is 0.0342. The molecule has 2 aliphatic rings. The molecule has 0 aromatic heterocycles. The molecule has 140 valence electrons. The van der Waals surface area contributed by atoms with Crippen molar-refractivity contribution in [3.05, 3.63) is 35.4 Å². The number of ether oxygens (including phenoxy) is 1. The molecule has 2 aliphatic heterocycles. The summed E-state index contributed by atoms with van der Waals surface area (Å²) >= 11 is 0. The normalized spacial score (nSPS) is 27.3. The molecule has 2 fully saturated rings. The Morgan fingerprint density at radius 1 is 1.12 bits per heavy atom. The Morgan fingerprint density at radius 3 is 2.48 bits per heavy atom. The molecule has 0 saturated carbocycles. The van der Waals surface area contributed by atoms with E-state index in [0.717, 1.165) is 45.9 Å². The Labute approximate surface area is 153 Å². The number of rotatable bonds is 6. The fourth-order valence-electron chi connectivity index (χ4n) is 4.13. The zero-order valence-corrected chi connectivity index (χ0v) is 16.2. The van der Waals surface area contributed by atoms with Gasteiger partial charge in [-0.25, -0.2) is 0 Å². The van der Waals surface area contributed by atoms with Gasteiger partial charge in [0, 0.05) is 50.8 Å². The van der Waals surface area contributed by atoms with E-state index in [9.17, 15) is 0 Å². The van der Waals surface area contributed by atoms with Gasteiger partial charge < -0.3 is 10.1 Å². The van der Waals surface area contributed by atoms with Crippen LogP contribution in [0, 0.1) is 0 Å². The van der Waals surface area contributed by atoms with E-state index in [4.69, 9.17) is 4.74 Å². The van der Waals surface area contributed by atoms with Gasteiger partial charge in [0.05, 0.1) is 13.2 Å². The average molecular weight is 346 g/mol. The minimum absolute atomic E-state index is 0.485. The number of morpholine rings is 1. The van der Waals surface area contributed by atoms with Crippen LogP contribution in [0.3, 0.4) is 0 Å². The molecule has 4 nitrogen and oxygen atoms in total. The lowest BCUT2D eigenvalue weighted by Crippen LogP contribution is -2.56. The molecule has 1 aromatic carbocycles. The van der Waals surface area contributed by atoms with E-state index in [-0.39, 0.29) is 0 Å². The smallest absolute Gasteiger partial charge is 0.0594 e. The van der Waals surface area contributed by atoms with Crippen molar-refractivity contribution in [2.24, 2.45) is 0 Å². The largest absolute Gasteiger partial charge is 0.379 e. The lowest BCUT2D eigenvalue weighted by atomic mass is 9.98. The van der Waals surface area contributed by atoms with E-state index in [1.165, 1.54) is 24.0 Å². The van der Waals surface area contributed by atoms with E-state index < -0.39 is 0 Å². The van der Waals surface area contributed by atoms with Crippen molar-refractivity contribution in [3.8, 4) is 0 Å². The summed E-state index contributed by atoms with van der Waals surface area (Å²) in [5.74, 6) is 0. The fourth-order valence-corrected chi connectivity index (χ4v) is 4.13. The van der Waals surface area contributed by atoms with Gasteiger partial charge in [-0.15, -0.1) is 0 Å². The van der Waals surface area contributed by atoms with E-state index >= 15 is 0 Å². The molecular formula is C21H35N3O. The maximum absolute atomic E-state index is 5.44. The zero-order chi connectivity index (χ0) is 17.6. The number of hydrogen-bond acceptors (Lipinski definition) is 4. The van der Waals surface area contributed by atoms with Crippen LogP contribution >= 0.6 is 0 Å². The number of benzene rings is 1. The summed E-state index contributed by atoms with van der Waals surface area (Å²) in [6.07, 6.45) is 2.42. The first-order valence-electron chi connectivity index (χ1n) is 10.1. The molecule has 2 heterocycles. The summed E-state index contributed by atoms with van der Waals surface area (Å²) in [6.45, 7) is 14.1. The number of piperazine rings is 1. The second-order valence-corrected chi connectivity index (χ2v) is 7.58. The van der Waals surface area contributed by atoms with Crippen LogP contribution in [0.15, 0.2) is 24.3 Å². The van der Waals surface area contributed by atoms with E-state index in [0.29, 0.717) is 18.1 Å². The third-order valence-electron chi connectivity index (χ3n) is 5.98. The average Bonchev–Trinajstić information content (AvgIpc) is 2.68. The van der Waals surface area contributed by atoms with Crippen molar-refractivity contribution in [1.29, 1.82) is 0 Å². The highest BCUT2D eigenvalue weighted by atomic mass is 16.5. The van der Waals surface area contributed by atoms with Gasteiger partial charge in [0.1, 0.15) is 0 Å². The molecule has 1 aromatic rings. The van der Waals surface area contributed by atoms with Crippen LogP contribution in [0.2, 0.25) is 0 Å². The molecule has 3 rings (SSSR count). The topological polar surface area (TPSA) is 27.7 Å². The van der Waals surface area contributed by atoms with Crippen molar-refractivity contribution in [2.75, 3.05) is 39.4 Å². The second-order valence-electron chi connectivity index (χ2n) is 7.58. The standard InChI is InChI=1S/C21H35N3O/c1-4-20-16-24(21(5-2)14-22-20)17(3)19-8-6-18(7-9-19)15-23-10-12-25-13-11-23/h6-9,17,20-22H,4-5,10-16H2,1-3H3/t17?,20-,21+/m0/s1. The number of hydrogen-bond donors (Lipinski definition) is 1. The Kier molecular flexibility index (Phi) is 6.88. The molecule has 0 radical (unpaired) electrons. The van der Waals surface area contributed by atoms with Crippen molar-refractivity contribution in [2.45, 2.75) is 58.3 Å². The Bertz CT molecular complexity index is 512. The predicted octanol–water partition coefficient (Wildman–Crippen LogP) is 3.04. The quantitative estimate of drug-likeness (QED) is 0.858. The Morgan fingerprint density at radius 2 is 1.84 bits per heavy atom. The van der Waals surface area contributed by atoms with Gasteiger partial charge in [-0.1, -0.05) is 38.1 Å². The predicted molar refractivity (Wildman–Crippen MR) is 104 cm³/mol. The Hall–Kier alpha value is -0.940. The minimum Gasteiger partial charge on any atom is -0.379 e. The van der Waals surface area contributed by atoms with E-state index in [2.05, 4.69) is 60.2 Å². The van der Waals surface area contributed by atoms with Gasteiger partial charge in [0.25, 0.3) is 0 Å². The molecule has 0 amide bonds. The molecule has 25 heavy (non-hydrogen) atoms. The maximum Gasteiger partial charge on any atom is 0.0594 e. The highest BCUT2D eigenvalue weighted by Gasteiger charge is 2.29. The first-order valence-corrected chi connectivity index (χ1v) is 10.1. The number of nitrogens with zero attached hydrogens (tertiary/aromatic N) is 2. The van der Waals surface area contributed by atoms with Crippen molar-refractivity contribution in [3.63, 3.8) is 0 Å². The summed E-state index contributed by atoms with van der Waals surface area (Å²) in [7, 11) is 0.